The zero-order valence-electron chi connectivity index (χ0n) is 9.25. The van der Waals surface area contributed by atoms with Gasteiger partial charge in [0.15, 0.2) is 0 Å². The summed E-state index contributed by atoms with van der Waals surface area (Å²) in [4.78, 5) is 11.3. The van der Waals surface area contributed by atoms with Crippen molar-refractivity contribution in [3.8, 4) is 0 Å². The summed E-state index contributed by atoms with van der Waals surface area (Å²) in [5, 5.41) is -0.0184. The van der Waals surface area contributed by atoms with Crippen molar-refractivity contribution in [2.24, 2.45) is 0 Å². The Balaban J connectivity index is 3.78. The van der Waals surface area contributed by atoms with E-state index in [1.165, 1.54) is 7.11 Å². The molecule has 0 heterocycles. The predicted molar refractivity (Wildman–Crippen MR) is 59.7 cm³/mol. The molecule has 1 unspecified atom stereocenters. The summed E-state index contributed by atoms with van der Waals surface area (Å²) in [6.07, 6.45) is 3.08. The van der Waals surface area contributed by atoms with Crippen LogP contribution >= 0.6 is 11.8 Å². The minimum atomic E-state index is -0.112. The number of carbonyl (C=O) groups is 1. The van der Waals surface area contributed by atoms with Crippen molar-refractivity contribution in [2.75, 3.05) is 26.6 Å². The van der Waals surface area contributed by atoms with Crippen molar-refractivity contribution in [3.63, 3.8) is 0 Å². The molecule has 0 radical (unpaired) electrons. The molecule has 0 bridgehead atoms. The number of hydrogen-bond acceptors (Lipinski definition) is 4. The van der Waals surface area contributed by atoms with Gasteiger partial charge in [0.05, 0.1) is 13.7 Å². The Labute approximate surface area is 90.5 Å². The minimum Gasteiger partial charge on any atom is -0.468 e. The molecule has 0 saturated heterocycles. The van der Waals surface area contributed by atoms with E-state index < -0.39 is 0 Å². The van der Waals surface area contributed by atoms with E-state index in [1.54, 1.807) is 18.9 Å². The molecule has 0 aliphatic carbocycles. The lowest BCUT2D eigenvalue weighted by Gasteiger charge is -2.13. The summed E-state index contributed by atoms with van der Waals surface area (Å²) < 4.78 is 9.68. The van der Waals surface area contributed by atoms with Gasteiger partial charge in [0.1, 0.15) is 5.25 Å². The van der Waals surface area contributed by atoms with Gasteiger partial charge < -0.3 is 9.47 Å². The third-order valence-electron chi connectivity index (χ3n) is 1.89. The van der Waals surface area contributed by atoms with Crippen LogP contribution in [0.25, 0.3) is 0 Å². The fourth-order valence-electron chi connectivity index (χ4n) is 1.06. The Morgan fingerprint density at radius 1 is 1.43 bits per heavy atom. The van der Waals surface area contributed by atoms with E-state index in [2.05, 4.69) is 6.92 Å². The largest absolute Gasteiger partial charge is 0.468 e. The summed E-state index contributed by atoms with van der Waals surface area (Å²) in [6.45, 7) is 2.80. The smallest absolute Gasteiger partial charge is 0.318 e. The molecule has 0 rings (SSSR count). The molecule has 0 aliphatic heterocycles. The zero-order valence-corrected chi connectivity index (χ0v) is 10.1. The second kappa shape index (κ2) is 9.34. The topological polar surface area (TPSA) is 35.5 Å². The highest BCUT2D eigenvalue weighted by molar-refractivity contribution is 8.00. The van der Waals surface area contributed by atoms with Crippen LogP contribution in [0.4, 0.5) is 0 Å². The third-order valence-corrected chi connectivity index (χ3v) is 3.12. The fourth-order valence-corrected chi connectivity index (χ4v) is 2.18. The zero-order chi connectivity index (χ0) is 10.8. The van der Waals surface area contributed by atoms with E-state index in [0.717, 1.165) is 25.0 Å². The first kappa shape index (κ1) is 13.8. The van der Waals surface area contributed by atoms with Crippen molar-refractivity contribution in [2.45, 2.75) is 31.4 Å². The Bertz CT molecular complexity index is 150. The van der Waals surface area contributed by atoms with E-state index >= 15 is 0 Å². The highest BCUT2D eigenvalue weighted by atomic mass is 32.2. The van der Waals surface area contributed by atoms with Gasteiger partial charge in [-0.2, -0.15) is 0 Å². The van der Waals surface area contributed by atoms with Crippen molar-refractivity contribution in [1.29, 1.82) is 0 Å². The molecule has 84 valence electrons. The lowest BCUT2D eigenvalue weighted by molar-refractivity contribution is -0.140. The quantitative estimate of drug-likeness (QED) is 0.463. The molecular weight excluding hydrogens is 200 g/mol. The molecule has 0 aromatic heterocycles. The van der Waals surface area contributed by atoms with Gasteiger partial charge in [-0.1, -0.05) is 19.8 Å². The van der Waals surface area contributed by atoms with Crippen LogP contribution in [0.1, 0.15) is 26.2 Å². The fraction of sp³-hybridized carbons (Fsp3) is 0.900. The minimum absolute atomic E-state index is 0.0184. The van der Waals surface area contributed by atoms with Crippen LogP contribution in [-0.4, -0.2) is 37.8 Å². The van der Waals surface area contributed by atoms with E-state index in [-0.39, 0.29) is 11.2 Å². The first-order valence-electron chi connectivity index (χ1n) is 4.94. The highest BCUT2D eigenvalue weighted by Crippen LogP contribution is 2.18. The Kier molecular flexibility index (Phi) is 9.19. The number of rotatable bonds is 8. The van der Waals surface area contributed by atoms with Gasteiger partial charge in [0.2, 0.25) is 0 Å². The molecule has 0 amide bonds. The molecule has 14 heavy (non-hydrogen) atoms. The molecule has 1 atom stereocenters. The number of esters is 1. The Hall–Kier alpha value is -0.220. The SMILES string of the molecule is CCCCC(SCCOC)C(=O)OC. The lowest BCUT2D eigenvalue weighted by atomic mass is 10.2. The predicted octanol–water partition coefficient (Wildman–Crippen LogP) is 2.10. The maximum atomic E-state index is 11.3. The number of hydrogen-bond donors (Lipinski definition) is 0. The second-order valence-electron chi connectivity index (χ2n) is 3.02. The van der Waals surface area contributed by atoms with Gasteiger partial charge in [0, 0.05) is 12.9 Å². The number of carbonyl (C=O) groups excluding carboxylic acids is 1. The summed E-state index contributed by atoms with van der Waals surface area (Å²) >= 11 is 1.62. The molecule has 3 nitrogen and oxygen atoms in total. The van der Waals surface area contributed by atoms with Crippen LogP contribution in [0.5, 0.6) is 0 Å². The van der Waals surface area contributed by atoms with Gasteiger partial charge in [-0.25, -0.2) is 0 Å². The monoisotopic (exact) mass is 220 g/mol. The molecule has 0 fully saturated rings. The summed E-state index contributed by atoms with van der Waals surface area (Å²) in [6, 6.07) is 0. The van der Waals surface area contributed by atoms with Crippen LogP contribution in [0, 0.1) is 0 Å². The van der Waals surface area contributed by atoms with Gasteiger partial charge in [0.25, 0.3) is 0 Å². The number of methoxy groups -OCH3 is 2. The van der Waals surface area contributed by atoms with Gasteiger partial charge in [-0.15, -0.1) is 11.8 Å². The normalized spacial score (nSPS) is 12.5. The first-order valence-corrected chi connectivity index (χ1v) is 5.99. The number of thioether (sulfide) groups is 1. The van der Waals surface area contributed by atoms with Crippen LogP contribution in [-0.2, 0) is 14.3 Å². The van der Waals surface area contributed by atoms with E-state index in [4.69, 9.17) is 9.47 Å². The van der Waals surface area contributed by atoms with Gasteiger partial charge in [-0.05, 0) is 6.42 Å². The van der Waals surface area contributed by atoms with Crippen LogP contribution in [0.2, 0.25) is 0 Å². The molecule has 0 aliphatic rings. The average Bonchev–Trinajstić information content (AvgIpc) is 2.22. The van der Waals surface area contributed by atoms with Crippen molar-refractivity contribution < 1.29 is 14.3 Å². The number of ether oxygens (including phenoxy) is 2. The van der Waals surface area contributed by atoms with Crippen LogP contribution in [0.15, 0.2) is 0 Å². The summed E-state index contributed by atoms with van der Waals surface area (Å²) in [5.74, 6) is 0.736. The Morgan fingerprint density at radius 2 is 2.14 bits per heavy atom. The van der Waals surface area contributed by atoms with E-state index in [1.807, 2.05) is 0 Å². The molecular formula is C10H20O3S. The molecule has 0 saturated carbocycles. The van der Waals surface area contributed by atoms with E-state index in [9.17, 15) is 4.79 Å². The second-order valence-corrected chi connectivity index (χ2v) is 4.33. The summed E-state index contributed by atoms with van der Waals surface area (Å²) in [7, 11) is 3.11. The average molecular weight is 220 g/mol. The van der Waals surface area contributed by atoms with E-state index in [0.29, 0.717) is 6.61 Å². The molecule has 0 aromatic rings. The summed E-state index contributed by atoms with van der Waals surface area (Å²) in [5.41, 5.74) is 0. The Morgan fingerprint density at radius 3 is 2.64 bits per heavy atom. The highest BCUT2D eigenvalue weighted by Gasteiger charge is 2.18. The van der Waals surface area contributed by atoms with Gasteiger partial charge >= 0.3 is 5.97 Å². The maximum Gasteiger partial charge on any atom is 0.318 e. The van der Waals surface area contributed by atoms with Crippen LogP contribution in [0.3, 0.4) is 0 Å². The van der Waals surface area contributed by atoms with Crippen LogP contribution < -0.4 is 0 Å². The maximum absolute atomic E-state index is 11.3. The van der Waals surface area contributed by atoms with Crippen molar-refractivity contribution in [1.82, 2.24) is 0 Å². The van der Waals surface area contributed by atoms with Gasteiger partial charge in [-0.3, -0.25) is 4.79 Å². The standard InChI is InChI=1S/C10H20O3S/c1-4-5-6-9(10(11)13-3)14-8-7-12-2/h9H,4-8H2,1-3H3. The molecule has 0 N–H and O–H groups in total. The molecule has 0 spiro atoms. The van der Waals surface area contributed by atoms with Crippen molar-refractivity contribution >= 4 is 17.7 Å². The number of unbranched alkanes of at least 4 members (excludes halogenated alkanes) is 1. The first-order chi connectivity index (χ1) is 6.76. The lowest BCUT2D eigenvalue weighted by Crippen LogP contribution is -2.19. The molecule has 4 heteroatoms. The molecule has 0 aromatic carbocycles. The van der Waals surface area contributed by atoms with Crippen molar-refractivity contribution in [3.05, 3.63) is 0 Å². The third kappa shape index (κ3) is 6.27.